The molecule has 4 rings (SSSR count). The van der Waals surface area contributed by atoms with Crippen LogP contribution >= 0.6 is 0 Å². The molecule has 3 amide bonds. The molecule has 0 unspecified atom stereocenters. The molecule has 1 N–H and O–H groups in total. The van der Waals surface area contributed by atoms with Crippen LogP contribution in [0, 0.1) is 26.6 Å². The molecule has 1 aliphatic heterocycles. The molecule has 0 saturated carbocycles. The molecule has 2 heterocycles. The highest BCUT2D eigenvalue weighted by Gasteiger charge is 2.33. The Morgan fingerprint density at radius 2 is 1.70 bits per heavy atom. The van der Waals surface area contributed by atoms with Crippen LogP contribution in [0.1, 0.15) is 28.1 Å². The van der Waals surface area contributed by atoms with Gasteiger partial charge in [-0.1, -0.05) is 42.0 Å². The number of nitrogens with zero attached hydrogens (tertiary/aromatic N) is 2. The number of hydrogen-bond donors (Lipinski definition) is 1. The number of urea groups is 1. The summed E-state index contributed by atoms with van der Waals surface area (Å²) in [4.78, 5) is 26.4. The van der Waals surface area contributed by atoms with E-state index in [-0.39, 0.29) is 24.0 Å². The maximum Gasteiger partial charge on any atom is 0.329 e. The average Bonchev–Trinajstić information content (AvgIpc) is 3.14. The molecule has 1 fully saturated rings. The number of carbonyl (C=O) groups excluding carboxylic acids is 2. The fourth-order valence-electron chi connectivity index (χ4n) is 3.68. The zero-order chi connectivity index (χ0) is 21.4. The molecule has 0 radical (unpaired) electrons. The Labute approximate surface area is 174 Å². The largest absolute Gasteiger partial charge is 0.329 e. The highest BCUT2D eigenvalue weighted by molar-refractivity contribution is 6.14. The van der Waals surface area contributed by atoms with Gasteiger partial charge in [-0.3, -0.25) is 9.69 Å². The molecule has 6 heteroatoms. The summed E-state index contributed by atoms with van der Waals surface area (Å²) in [5.74, 6) is -0.704. The summed E-state index contributed by atoms with van der Waals surface area (Å²) in [7, 11) is 0. The van der Waals surface area contributed by atoms with E-state index in [4.69, 9.17) is 0 Å². The highest BCUT2D eigenvalue weighted by Crippen LogP contribution is 2.25. The van der Waals surface area contributed by atoms with Gasteiger partial charge in [0, 0.05) is 11.4 Å². The lowest BCUT2D eigenvalue weighted by atomic mass is 10.1. The normalized spacial score (nSPS) is 15.2. The Hall–Kier alpha value is -3.67. The number of carbonyl (C=O) groups is 2. The van der Waals surface area contributed by atoms with E-state index in [9.17, 15) is 14.0 Å². The molecular weight excluding hydrogens is 381 g/mol. The van der Waals surface area contributed by atoms with Crippen molar-refractivity contribution >= 4 is 18.0 Å². The summed E-state index contributed by atoms with van der Waals surface area (Å²) in [6, 6.07) is 15.7. The van der Waals surface area contributed by atoms with E-state index in [0.29, 0.717) is 5.69 Å². The molecule has 30 heavy (non-hydrogen) atoms. The van der Waals surface area contributed by atoms with Crippen molar-refractivity contribution in [3.63, 3.8) is 0 Å². The number of amides is 3. The van der Waals surface area contributed by atoms with Gasteiger partial charge < -0.3 is 9.88 Å². The Morgan fingerprint density at radius 1 is 1.00 bits per heavy atom. The van der Waals surface area contributed by atoms with Gasteiger partial charge in [0.25, 0.3) is 5.91 Å². The molecule has 0 spiro atoms. The SMILES string of the molecule is Cc1ccc(CN2C(=O)N/C(=C\c3cc(C)n(-c4ccccc4F)c3C)C2=O)cc1. The van der Waals surface area contributed by atoms with Crippen LogP contribution in [0.2, 0.25) is 0 Å². The van der Waals surface area contributed by atoms with Crippen LogP contribution in [-0.4, -0.2) is 21.4 Å². The summed E-state index contributed by atoms with van der Waals surface area (Å²) in [5.41, 5.74) is 5.00. The standard InChI is InChI=1S/C24H22FN3O2/c1-15-8-10-18(11-9-15)14-27-23(29)21(26-24(27)30)13-19-12-16(2)28(17(19)3)22-7-5-4-6-20(22)25/h4-13H,14H2,1-3H3,(H,26,30)/b21-13-. The quantitative estimate of drug-likeness (QED) is 0.510. The van der Waals surface area contributed by atoms with Crippen molar-refractivity contribution in [1.29, 1.82) is 0 Å². The van der Waals surface area contributed by atoms with E-state index < -0.39 is 6.03 Å². The minimum Gasteiger partial charge on any atom is -0.315 e. The van der Waals surface area contributed by atoms with Crippen LogP contribution in [0.4, 0.5) is 9.18 Å². The van der Waals surface area contributed by atoms with Crippen molar-refractivity contribution in [2.75, 3.05) is 0 Å². The third-order valence-electron chi connectivity index (χ3n) is 5.29. The summed E-state index contributed by atoms with van der Waals surface area (Å²) >= 11 is 0. The molecule has 2 aromatic carbocycles. The van der Waals surface area contributed by atoms with E-state index in [1.165, 1.54) is 11.0 Å². The van der Waals surface area contributed by atoms with Crippen LogP contribution in [0.3, 0.4) is 0 Å². The van der Waals surface area contributed by atoms with Crippen molar-refractivity contribution in [2.45, 2.75) is 27.3 Å². The third-order valence-corrected chi connectivity index (χ3v) is 5.29. The van der Waals surface area contributed by atoms with Crippen molar-refractivity contribution in [3.05, 3.63) is 94.2 Å². The fraction of sp³-hybridized carbons (Fsp3) is 0.167. The molecule has 0 bridgehead atoms. The van der Waals surface area contributed by atoms with E-state index in [2.05, 4.69) is 5.32 Å². The second-order valence-electron chi connectivity index (χ2n) is 7.48. The lowest BCUT2D eigenvalue weighted by molar-refractivity contribution is -0.123. The minimum absolute atomic E-state index is 0.205. The Balaban J connectivity index is 1.63. The number of aromatic nitrogens is 1. The summed E-state index contributed by atoms with van der Waals surface area (Å²) in [6.07, 6.45) is 1.65. The van der Waals surface area contributed by atoms with Crippen molar-refractivity contribution < 1.29 is 14.0 Å². The maximum absolute atomic E-state index is 14.3. The molecule has 152 valence electrons. The fourth-order valence-corrected chi connectivity index (χ4v) is 3.68. The summed E-state index contributed by atoms with van der Waals surface area (Å²) < 4.78 is 16.1. The van der Waals surface area contributed by atoms with Gasteiger partial charge in [0.05, 0.1) is 12.2 Å². The van der Waals surface area contributed by atoms with Gasteiger partial charge >= 0.3 is 6.03 Å². The Morgan fingerprint density at radius 3 is 2.40 bits per heavy atom. The van der Waals surface area contributed by atoms with E-state index in [1.807, 2.05) is 51.1 Å². The molecule has 1 saturated heterocycles. The highest BCUT2D eigenvalue weighted by atomic mass is 19.1. The number of nitrogens with one attached hydrogen (secondary N) is 1. The first-order valence-corrected chi connectivity index (χ1v) is 9.69. The predicted octanol–water partition coefficient (Wildman–Crippen LogP) is 4.63. The zero-order valence-electron chi connectivity index (χ0n) is 17.1. The molecule has 3 aromatic rings. The minimum atomic E-state index is -0.449. The number of imide groups is 1. The molecular formula is C24H22FN3O2. The number of rotatable bonds is 4. The number of benzene rings is 2. The molecule has 1 aromatic heterocycles. The Bertz CT molecular complexity index is 1180. The molecule has 1 aliphatic rings. The molecule has 5 nitrogen and oxygen atoms in total. The summed E-state index contributed by atoms with van der Waals surface area (Å²) in [5, 5.41) is 2.66. The first-order valence-electron chi connectivity index (χ1n) is 9.69. The van der Waals surface area contributed by atoms with Gasteiger partial charge in [-0.15, -0.1) is 0 Å². The Kier molecular flexibility index (Phi) is 4.99. The van der Waals surface area contributed by atoms with Crippen molar-refractivity contribution in [3.8, 4) is 5.69 Å². The van der Waals surface area contributed by atoms with E-state index >= 15 is 0 Å². The second kappa shape index (κ2) is 7.63. The van der Waals surface area contributed by atoms with Crippen molar-refractivity contribution in [2.24, 2.45) is 0 Å². The molecule has 0 atom stereocenters. The van der Waals surface area contributed by atoms with Crippen LogP contribution in [0.15, 0.2) is 60.3 Å². The molecule has 0 aliphatic carbocycles. The van der Waals surface area contributed by atoms with Gasteiger partial charge in [0.2, 0.25) is 0 Å². The number of para-hydroxylation sites is 1. The topological polar surface area (TPSA) is 54.3 Å². The number of aryl methyl sites for hydroxylation is 2. The predicted molar refractivity (Wildman–Crippen MR) is 113 cm³/mol. The zero-order valence-corrected chi connectivity index (χ0v) is 17.1. The van der Waals surface area contributed by atoms with Gasteiger partial charge in [-0.05, 0) is 56.2 Å². The number of halogens is 1. The lowest BCUT2D eigenvalue weighted by Gasteiger charge is -2.12. The van der Waals surface area contributed by atoms with Crippen LogP contribution in [0.5, 0.6) is 0 Å². The van der Waals surface area contributed by atoms with Gasteiger partial charge in [0.1, 0.15) is 11.5 Å². The number of hydrogen-bond acceptors (Lipinski definition) is 2. The second-order valence-corrected chi connectivity index (χ2v) is 7.48. The lowest BCUT2D eigenvalue weighted by Crippen LogP contribution is -2.30. The van der Waals surface area contributed by atoms with Crippen LogP contribution in [-0.2, 0) is 11.3 Å². The van der Waals surface area contributed by atoms with Crippen molar-refractivity contribution in [1.82, 2.24) is 14.8 Å². The summed E-state index contributed by atoms with van der Waals surface area (Å²) in [6.45, 7) is 5.92. The van der Waals surface area contributed by atoms with Crippen LogP contribution in [0.25, 0.3) is 11.8 Å². The maximum atomic E-state index is 14.3. The monoisotopic (exact) mass is 403 g/mol. The van der Waals surface area contributed by atoms with Gasteiger partial charge in [-0.2, -0.15) is 0 Å². The van der Waals surface area contributed by atoms with Gasteiger partial charge in [0.15, 0.2) is 0 Å². The van der Waals surface area contributed by atoms with E-state index in [1.54, 1.807) is 28.8 Å². The van der Waals surface area contributed by atoms with Gasteiger partial charge in [-0.25, -0.2) is 9.18 Å². The average molecular weight is 403 g/mol. The third kappa shape index (κ3) is 3.52. The smallest absolute Gasteiger partial charge is 0.315 e. The van der Waals surface area contributed by atoms with E-state index in [0.717, 1.165) is 28.1 Å². The first-order chi connectivity index (χ1) is 14.3. The first kappa shape index (κ1) is 19.6. The van der Waals surface area contributed by atoms with Crippen LogP contribution < -0.4 is 5.32 Å².